The summed E-state index contributed by atoms with van der Waals surface area (Å²) in [6, 6.07) is 10.3. The van der Waals surface area contributed by atoms with E-state index >= 15 is 0 Å². The maximum absolute atomic E-state index is 11.1. The van der Waals surface area contributed by atoms with Gasteiger partial charge in [-0.3, -0.25) is 0 Å². The molecule has 0 aliphatic heterocycles. The highest BCUT2D eigenvalue weighted by Crippen LogP contribution is 2.29. The number of anilines is 1. The number of ether oxygens (including phenoxy) is 2. The first-order chi connectivity index (χ1) is 12.0. The second-order valence-corrected chi connectivity index (χ2v) is 5.55. The van der Waals surface area contributed by atoms with Crippen molar-refractivity contribution in [2.45, 2.75) is 13.5 Å². The number of nitrogens with one attached hydrogen (secondary N) is 1. The Labute approximate surface area is 151 Å². The van der Waals surface area contributed by atoms with Crippen LogP contribution in [0, 0.1) is 0 Å². The molecule has 0 aliphatic carbocycles. The van der Waals surface area contributed by atoms with E-state index in [1.807, 2.05) is 19.1 Å². The molecule has 0 saturated carbocycles. The quantitative estimate of drug-likeness (QED) is 0.631. The maximum Gasteiger partial charge on any atom is 0.337 e. The van der Waals surface area contributed by atoms with Gasteiger partial charge in [-0.05, 0) is 42.8 Å². The molecule has 0 saturated heterocycles. The summed E-state index contributed by atoms with van der Waals surface area (Å²) in [5.41, 5.74) is 1.64. The molecule has 2 aromatic rings. The van der Waals surface area contributed by atoms with Crippen LogP contribution in [-0.2, 0) is 6.54 Å². The van der Waals surface area contributed by atoms with E-state index in [9.17, 15) is 4.79 Å². The van der Waals surface area contributed by atoms with Crippen LogP contribution in [-0.4, -0.2) is 36.0 Å². The number of aliphatic hydroxyl groups excluding tert-OH is 1. The van der Waals surface area contributed by atoms with Gasteiger partial charge in [0.25, 0.3) is 0 Å². The van der Waals surface area contributed by atoms with Gasteiger partial charge < -0.3 is 25.0 Å². The predicted molar refractivity (Wildman–Crippen MR) is 95.9 cm³/mol. The van der Waals surface area contributed by atoms with Crippen LogP contribution >= 0.6 is 11.6 Å². The highest BCUT2D eigenvalue weighted by Gasteiger charge is 2.10. The Hall–Kier alpha value is -2.44. The van der Waals surface area contributed by atoms with Crippen LogP contribution in [0.4, 0.5) is 5.69 Å². The zero-order chi connectivity index (χ0) is 18.2. The predicted octanol–water partition coefficient (Wildman–Crippen LogP) is 3.42. The lowest BCUT2D eigenvalue weighted by atomic mass is 10.1. The minimum absolute atomic E-state index is 0.0504. The summed E-state index contributed by atoms with van der Waals surface area (Å²) < 4.78 is 11.0. The number of aliphatic hydroxyl groups is 1. The molecule has 25 heavy (non-hydrogen) atoms. The average molecular weight is 366 g/mol. The number of rotatable bonds is 9. The first kappa shape index (κ1) is 18.9. The molecule has 0 heterocycles. The molecule has 0 unspecified atom stereocenters. The molecular weight excluding hydrogens is 346 g/mol. The van der Waals surface area contributed by atoms with Crippen LogP contribution in [0.5, 0.6) is 11.5 Å². The number of aromatic carboxylic acids is 1. The number of hydrogen-bond acceptors (Lipinski definition) is 5. The van der Waals surface area contributed by atoms with Crippen LogP contribution in [0.15, 0.2) is 36.4 Å². The van der Waals surface area contributed by atoms with Crippen molar-refractivity contribution >= 4 is 23.3 Å². The molecule has 2 rings (SSSR count). The van der Waals surface area contributed by atoms with Crippen LogP contribution in [0.2, 0.25) is 5.02 Å². The molecule has 0 atom stereocenters. The Kier molecular flexibility index (Phi) is 6.91. The zero-order valence-corrected chi connectivity index (χ0v) is 14.5. The largest absolute Gasteiger partial charge is 0.490 e. The summed E-state index contributed by atoms with van der Waals surface area (Å²) in [5, 5.41) is 21.3. The van der Waals surface area contributed by atoms with Gasteiger partial charge in [0.05, 0.1) is 23.8 Å². The van der Waals surface area contributed by atoms with Gasteiger partial charge in [-0.25, -0.2) is 4.79 Å². The minimum atomic E-state index is -1.07. The SMILES string of the molecule is CCOc1cc(CNc2ccc(Cl)c(C(=O)O)c2)ccc1OCCO. The fraction of sp³-hybridized carbons (Fsp3) is 0.278. The summed E-state index contributed by atoms with van der Waals surface area (Å²) in [5.74, 6) is 0.0922. The molecular formula is C18H20ClNO5. The van der Waals surface area contributed by atoms with Gasteiger partial charge >= 0.3 is 5.97 Å². The van der Waals surface area contributed by atoms with Crippen LogP contribution in [0.3, 0.4) is 0 Å². The lowest BCUT2D eigenvalue weighted by Crippen LogP contribution is -2.06. The third kappa shape index (κ3) is 5.27. The standard InChI is InChI=1S/C18H20ClNO5/c1-2-24-17-9-12(3-6-16(17)25-8-7-21)11-20-13-4-5-15(19)14(10-13)18(22)23/h3-6,9-10,20-21H,2,7-8,11H2,1H3,(H,22,23). The summed E-state index contributed by atoms with van der Waals surface area (Å²) in [6.45, 7) is 2.96. The fourth-order valence-corrected chi connectivity index (χ4v) is 2.41. The fourth-order valence-electron chi connectivity index (χ4n) is 2.21. The van der Waals surface area contributed by atoms with Gasteiger partial charge in [0.2, 0.25) is 0 Å². The highest BCUT2D eigenvalue weighted by atomic mass is 35.5. The Morgan fingerprint density at radius 3 is 2.64 bits per heavy atom. The van der Waals surface area contributed by atoms with Crippen molar-refractivity contribution in [2.24, 2.45) is 0 Å². The Balaban J connectivity index is 2.11. The normalized spacial score (nSPS) is 10.4. The van der Waals surface area contributed by atoms with Gasteiger partial charge in [0, 0.05) is 12.2 Å². The van der Waals surface area contributed by atoms with Crippen molar-refractivity contribution in [3.05, 3.63) is 52.5 Å². The van der Waals surface area contributed by atoms with E-state index in [-0.39, 0.29) is 23.8 Å². The van der Waals surface area contributed by atoms with E-state index in [0.717, 1.165) is 5.56 Å². The van der Waals surface area contributed by atoms with Gasteiger partial charge in [-0.15, -0.1) is 0 Å². The number of benzene rings is 2. The molecule has 2 aromatic carbocycles. The second kappa shape index (κ2) is 9.15. The van der Waals surface area contributed by atoms with Crippen molar-refractivity contribution in [1.82, 2.24) is 0 Å². The van der Waals surface area contributed by atoms with Crippen molar-refractivity contribution in [3.8, 4) is 11.5 Å². The molecule has 7 heteroatoms. The average Bonchev–Trinajstić information content (AvgIpc) is 2.60. The molecule has 0 aliphatic rings. The monoisotopic (exact) mass is 365 g/mol. The van der Waals surface area contributed by atoms with E-state index in [4.69, 9.17) is 31.3 Å². The number of carboxylic acid groups (broad SMARTS) is 1. The Morgan fingerprint density at radius 1 is 1.16 bits per heavy atom. The number of carbonyl (C=O) groups is 1. The molecule has 6 nitrogen and oxygen atoms in total. The lowest BCUT2D eigenvalue weighted by molar-refractivity contribution is 0.0697. The van der Waals surface area contributed by atoms with Gasteiger partial charge in [0.15, 0.2) is 11.5 Å². The molecule has 0 spiro atoms. The molecule has 0 aromatic heterocycles. The Morgan fingerprint density at radius 2 is 1.96 bits per heavy atom. The molecule has 134 valence electrons. The van der Waals surface area contributed by atoms with Gasteiger partial charge in [-0.2, -0.15) is 0 Å². The molecule has 0 fully saturated rings. The van der Waals surface area contributed by atoms with Crippen molar-refractivity contribution in [3.63, 3.8) is 0 Å². The van der Waals surface area contributed by atoms with Gasteiger partial charge in [0.1, 0.15) is 6.61 Å². The summed E-state index contributed by atoms with van der Waals surface area (Å²) in [7, 11) is 0. The first-order valence-electron chi connectivity index (χ1n) is 7.81. The molecule has 0 bridgehead atoms. The maximum atomic E-state index is 11.1. The minimum Gasteiger partial charge on any atom is -0.490 e. The number of hydrogen-bond donors (Lipinski definition) is 3. The first-order valence-corrected chi connectivity index (χ1v) is 8.19. The highest BCUT2D eigenvalue weighted by molar-refractivity contribution is 6.33. The van der Waals surface area contributed by atoms with Crippen LogP contribution < -0.4 is 14.8 Å². The van der Waals surface area contributed by atoms with Crippen molar-refractivity contribution in [1.29, 1.82) is 0 Å². The third-order valence-corrected chi connectivity index (χ3v) is 3.68. The number of carboxylic acids is 1. The van der Waals surface area contributed by atoms with Crippen molar-refractivity contribution in [2.75, 3.05) is 25.1 Å². The molecule has 0 amide bonds. The van der Waals surface area contributed by atoms with E-state index in [1.54, 1.807) is 18.2 Å². The van der Waals surface area contributed by atoms with Crippen LogP contribution in [0.1, 0.15) is 22.8 Å². The molecule has 3 N–H and O–H groups in total. The third-order valence-electron chi connectivity index (χ3n) is 3.35. The topological polar surface area (TPSA) is 88.0 Å². The smallest absolute Gasteiger partial charge is 0.337 e. The van der Waals surface area contributed by atoms with E-state index < -0.39 is 5.97 Å². The van der Waals surface area contributed by atoms with E-state index in [2.05, 4.69) is 5.32 Å². The summed E-state index contributed by atoms with van der Waals surface area (Å²) in [4.78, 5) is 11.1. The Bertz CT molecular complexity index is 735. The van der Waals surface area contributed by atoms with E-state index in [0.29, 0.717) is 30.3 Å². The molecule has 0 radical (unpaired) electrons. The van der Waals surface area contributed by atoms with Crippen LogP contribution in [0.25, 0.3) is 0 Å². The zero-order valence-electron chi connectivity index (χ0n) is 13.8. The second-order valence-electron chi connectivity index (χ2n) is 5.14. The van der Waals surface area contributed by atoms with Gasteiger partial charge in [-0.1, -0.05) is 17.7 Å². The lowest BCUT2D eigenvalue weighted by Gasteiger charge is -2.14. The van der Waals surface area contributed by atoms with Crippen molar-refractivity contribution < 1.29 is 24.5 Å². The summed E-state index contributed by atoms with van der Waals surface area (Å²) in [6.07, 6.45) is 0. The number of halogens is 1. The summed E-state index contributed by atoms with van der Waals surface area (Å²) >= 11 is 5.87. The van der Waals surface area contributed by atoms with E-state index in [1.165, 1.54) is 6.07 Å².